The number of hydrogen-bond donors (Lipinski definition) is 2. The number of amides is 2. The highest BCUT2D eigenvalue weighted by Crippen LogP contribution is 2.13. The maximum absolute atomic E-state index is 12.8. The van der Waals surface area contributed by atoms with Crippen molar-refractivity contribution in [3.05, 3.63) is 35.9 Å². The highest BCUT2D eigenvalue weighted by molar-refractivity contribution is 5.90. The van der Waals surface area contributed by atoms with Gasteiger partial charge in [-0.3, -0.25) is 9.59 Å². The van der Waals surface area contributed by atoms with Gasteiger partial charge in [0.1, 0.15) is 18.7 Å². The molecule has 2 N–H and O–H groups in total. The van der Waals surface area contributed by atoms with Crippen molar-refractivity contribution in [2.45, 2.75) is 45.9 Å². The first-order valence-corrected chi connectivity index (χ1v) is 9.61. The normalized spacial score (nSPS) is 13.5. The van der Waals surface area contributed by atoms with Crippen LogP contribution in [-0.2, 0) is 35.2 Å². The summed E-state index contributed by atoms with van der Waals surface area (Å²) in [6.07, 6.45) is -0.847. The summed E-state index contributed by atoms with van der Waals surface area (Å²) >= 11 is 0. The Morgan fingerprint density at radius 3 is 2.07 bits per heavy atom. The molecular weight excluding hydrogens is 392 g/mol. The average Bonchev–Trinajstić information content (AvgIpc) is 2.73. The van der Waals surface area contributed by atoms with E-state index in [2.05, 4.69) is 15.4 Å². The molecule has 0 spiro atoms. The van der Waals surface area contributed by atoms with E-state index in [9.17, 15) is 19.2 Å². The van der Waals surface area contributed by atoms with Gasteiger partial charge in [-0.2, -0.15) is 0 Å². The highest BCUT2D eigenvalue weighted by Gasteiger charge is 2.33. The summed E-state index contributed by atoms with van der Waals surface area (Å²) in [5, 5.41) is 5.09. The minimum atomic E-state index is -1.08. The maximum atomic E-state index is 12.8. The van der Waals surface area contributed by atoms with Crippen LogP contribution < -0.4 is 10.6 Å². The number of hydrogen-bond acceptors (Lipinski definition) is 7. The van der Waals surface area contributed by atoms with E-state index in [-0.39, 0.29) is 18.9 Å². The van der Waals surface area contributed by atoms with Crippen LogP contribution in [0.3, 0.4) is 0 Å². The molecule has 0 heterocycles. The van der Waals surface area contributed by atoms with Gasteiger partial charge in [0.2, 0.25) is 5.91 Å². The predicted molar refractivity (Wildman–Crippen MR) is 108 cm³/mol. The molecule has 0 fully saturated rings. The van der Waals surface area contributed by atoms with Gasteiger partial charge in [-0.1, -0.05) is 51.1 Å². The van der Waals surface area contributed by atoms with Crippen LogP contribution in [0.5, 0.6) is 0 Å². The van der Waals surface area contributed by atoms with Gasteiger partial charge in [-0.15, -0.1) is 0 Å². The number of methoxy groups -OCH3 is 2. The number of alkyl carbamates (subject to hydrolysis) is 1. The molecule has 0 aromatic heterocycles. The molecule has 9 nitrogen and oxygen atoms in total. The second-order valence-electron chi connectivity index (χ2n) is 7.19. The van der Waals surface area contributed by atoms with Crippen LogP contribution in [0.15, 0.2) is 30.3 Å². The number of esters is 2. The van der Waals surface area contributed by atoms with E-state index in [1.165, 1.54) is 14.2 Å². The van der Waals surface area contributed by atoms with Crippen molar-refractivity contribution in [1.82, 2.24) is 10.6 Å². The SMILES string of the molecule is COC(=O)C[C@@H](C)[C@@H](NC(=O)[C@H](NC(=O)OCc1ccccc1)C(C)C)C(=O)OC. The summed E-state index contributed by atoms with van der Waals surface area (Å²) in [6.45, 7) is 5.16. The van der Waals surface area contributed by atoms with Gasteiger partial charge in [0.05, 0.1) is 20.6 Å². The lowest BCUT2D eigenvalue weighted by atomic mass is 9.96. The smallest absolute Gasteiger partial charge is 0.408 e. The van der Waals surface area contributed by atoms with Crippen molar-refractivity contribution in [1.29, 1.82) is 0 Å². The summed E-state index contributed by atoms with van der Waals surface area (Å²) in [6, 6.07) is 7.08. The number of benzene rings is 1. The largest absolute Gasteiger partial charge is 0.469 e. The third-order valence-corrected chi connectivity index (χ3v) is 4.47. The fourth-order valence-corrected chi connectivity index (χ4v) is 2.69. The quantitative estimate of drug-likeness (QED) is 0.436. The van der Waals surface area contributed by atoms with Crippen LogP contribution in [0.25, 0.3) is 0 Å². The molecule has 1 aromatic rings. The van der Waals surface area contributed by atoms with Gasteiger partial charge >= 0.3 is 18.0 Å². The molecule has 0 aliphatic heterocycles. The molecule has 0 unspecified atom stereocenters. The lowest BCUT2D eigenvalue weighted by molar-refractivity contribution is -0.148. The van der Waals surface area contributed by atoms with Crippen LogP contribution >= 0.6 is 0 Å². The predicted octanol–water partition coefficient (Wildman–Crippen LogP) is 1.79. The Kier molecular flexibility index (Phi) is 10.4. The fourth-order valence-electron chi connectivity index (χ4n) is 2.69. The number of carbonyl (C=O) groups excluding carboxylic acids is 4. The molecule has 3 atom stereocenters. The topological polar surface area (TPSA) is 120 Å². The van der Waals surface area contributed by atoms with E-state index in [4.69, 9.17) is 9.47 Å². The number of rotatable bonds is 10. The first kappa shape index (κ1) is 24.9. The number of carbonyl (C=O) groups is 4. The highest BCUT2D eigenvalue weighted by atomic mass is 16.5. The third kappa shape index (κ3) is 8.10. The van der Waals surface area contributed by atoms with Crippen molar-refractivity contribution < 1.29 is 33.4 Å². The summed E-state index contributed by atoms with van der Waals surface area (Å²) in [5.74, 6) is -2.67. The Morgan fingerprint density at radius 2 is 1.53 bits per heavy atom. The van der Waals surface area contributed by atoms with E-state index in [1.807, 2.05) is 30.3 Å². The summed E-state index contributed by atoms with van der Waals surface area (Å²) in [5.41, 5.74) is 0.806. The van der Waals surface area contributed by atoms with Gasteiger partial charge in [-0.05, 0) is 17.4 Å². The van der Waals surface area contributed by atoms with Gasteiger partial charge in [-0.25, -0.2) is 9.59 Å². The second-order valence-corrected chi connectivity index (χ2v) is 7.19. The standard InChI is InChI=1S/C21H30N2O7/c1-13(2)17(23-21(27)30-12-15-9-7-6-8-10-15)19(25)22-18(20(26)29-5)14(3)11-16(24)28-4/h6-10,13-14,17-18H,11-12H2,1-5H3,(H,22,25)(H,23,27)/t14-,17-,18-/m1/s1. The zero-order chi connectivity index (χ0) is 22.7. The first-order valence-electron chi connectivity index (χ1n) is 9.61. The Labute approximate surface area is 176 Å². The van der Waals surface area contributed by atoms with Crippen molar-refractivity contribution in [2.75, 3.05) is 14.2 Å². The minimum absolute atomic E-state index is 0.0556. The molecule has 1 aromatic carbocycles. The molecule has 0 radical (unpaired) electrons. The van der Waals surface area contributed by atoms with E-state index in [0.29, 0.717) is 0 Å². The van der Waals surface area contributed by atoms with Crippen molar-refractivity contribution in [2.24, 2.45) is 11.8 Å². The third-order valence-electron chi connectivity index (χ3n) is 4.47. The van der Waals surface area contributed by atoms with Crippen LogP contribution in [0, 0.1) is 11.8 Å². The molecule has 30 heavy (non-hydrogen) atoms. The Bertz CT molecular complexity index is 721. The van der Waals surface area contributed by atoms with Crippen LogP contribution in [-0.4, -0.2) is 50.2 Å². The van der Waals surface area contributed by atoms with Crippen molar-refractivity contribution in [3.8, 4) is 0 Å². The number of ether oxygens (including phenoxy) is 3. The van der Waals surface area contributed by atoms with Crippen LogP contribution in [0.1, 0.15) is 32.8 Å². The summed E-state index contributed by atoms with van der Waals surface area (Å²) < 4.78 is 14.5. The molecule has 0 bridgehead atoms. The second kappa shape index (κ2) is 12.5. The van der Waals surface area contributed by atoms with E-state index in [0.717, 1.165) is 5.56 Å². The molecule has 1 rings (SSSR count). The molecular formula is C21H30N2O7. The zero-order valence-corrected chi connectivity index (χ0v) is 18.0. The van der Waals surface area contributed by atoms with Gasteiger partial charge in [0.15, 0.2) is 0 Å². The monoisotopic (exact) mass is 422 g/mol. The molecule has 0 aliphatic carbocycles. The lowest BCUT2D eigenvalue weighted by Crippen LogP contribution is -2.55. The Balaban J connectivity index is 2.78. The molecule has 0 saturated heterocycles. The minimum Gasteiger partial charge on any atom is -0.469 e. The Morgan fingerprint density at radius 1 is 0.900 bits per heavy atom. The fraction of sp³-hybridized carbons (Fsp3) is 0.524. The molecule has 9 heteroatoms. The van der Waals surface area contributed by atoms with Gasteiger partial charge < -0.3 is 24.8 Å². The van der Waals surface area contributed by atoms with Crippen molar-refractivity contribution in [3.63, 3.8) is 0 Å². The molecule has 0 saturated carbocycles. The summed E-state index contributed by atoms with van der Waals surface area (Å²) in [7, 11) is 2.42. The maximum Gasteiger partial charge on any atom is 0.408 e. The van der Waals surface area contributed by atoms with Crippen LogP contribution in [0.4, 0.5) is 4.79 Å². The van der Waals surface area contributed by atoms with Crippen molar-refractivity contribution >= 4 is 23.9 Å². The lowest BCUT2D eigenvalue weighted by Gasteiger charge is -2.27. The van der Waals surface area contributed by atoms with Gasteiger partial charge in [0, 0.05) is 0 Å². The molecule has 166 valence electrons. The molecule has 2 amide bonds. The van der Waals surface area contributed by atoms with E-state index in [1.54, 1.807) is 20.8 Å². The van der Waals surface area contributed by atoms with E-state index >= 15 is 0 Å². The van der Waals surface area contributed by atoms with E-state index < -0.39 is 41.9 Å². The zero-order valence-electron chi connectivity index (χ0n) is 18.0. The average molecular weight is 422 g/mol. The Hall–Kier alpha value is -3.10. The number of nitrogens with one attached hydrogen (secondary N) is 2. The van der Waals surface area contributed by atoms with Crippen LogP contribution in [0.2, 0.25) is 0 Å². The molecule has 0 aliphatic rings. The first-order chi connectivity index (χ1) is 14.2. The van der Waals surface area contributed by atoms with Gasteiger partial charge in [0.25, 0.3) is 0 Å². The summed E-state index contributed by atoms with van der Waals surface area (Å²) in [4.78, 5) is 48.6.